The zero-order valence-electron chi connectivity index (χ0n) is 9.99. The van der Waals surface area contributed by atoms with Gasteiger partial charge < -0.3 is 0 Å². The van der Waals surface area contributed by atoms with Crippen LogP contribution in [0.3, 0.4) is 0 Å². The fourth-order valence-electron chi connectivity index (χ4n) is 1.80. The average molecular weight is 390 g/mol. The lowest BCUT2D eigenvalue weighted by atomic mass is 10.0. The fourth-order valence-corrected chi connectivity index (χ4v) is 3.66. The van der Waals surface area contributed by atoms with E-state index in [9.17, 15) is 8.78 Å². The van der Waals surface area contributed by atoms with Crippen LogP contribution in [-0.4, -0.2) is 0 Å². The predicted molar refractivity (Wildman–Crippen MR) is 80.8 cm³/mol. The van der Waals surface area contributed by atoms with Gasteiger partial charge in [0.05, 0.1) is 0 Å². The summed E-state index contributed by atoms with van der Waals surface area (Å²) < 4.78 is 25.7. The Hall–Kier alpha value is -0.740. The van der Waals surface area contributed by atoms with E-state index in [0.717, 1.165) is 17.5 Å². The van der Waals surface area contributed by atoms with Crippen molar-refractivity contribution in [3.05, 3.63) is 71.3 Å². The second kappa shape index (κ2) is 6.62. The number of rotatable bonds is 4. The molecule has 0 aliphatic heterocycles. The Morgan fingerprint density at radius 3 is 1.32 bits per heavy atom. The molecule has 0 amide bonds. The van der Waals surface area contributed by atoms with Crippen LogP contribution in [0.5, 0.6) is 0 Å². The highest BCUT2D eigenvalue weighted by Crippen LogP contribution is 2.37. The second-order valence-corrected chi connectivity index (χ2v) is 6.48. The Morgan fingerprint density at radius 2 is 1.00 bits per heavy atom. The molecule has 2 aromatic rings. The van der Waals surface area contributed by atoms with E-state index in [-0.39, 0.29) is 21.3 Å². The smallest absolute Gasteiger partial charge is 0.123 e. The first-order chi connectivity index (χ1) is 9.06. The molecule has 19 heavy (non-hydrogen) atoms. The minimum Gasteiger partial charge on any atom is -0.207 e. The second-order valence-electron chi connectivity index (χ2n) is 4.27. The summed E-state index contributed by atoms with van der Waals surface area (Å²) in [6, 6.07) is 12.8. The first-order valence-corrected chi connectivity index (χ1v) is 7.68. The van der Waals surface area contributed by atoms with Crippen molar-refractivity contribution in [2.45, 2.75) is 16.1 Å². The SMILES string of the molecule is Fc1ccc(C(Br)CC(Br)c2ccc(F)cc2)cc1. The first kappa shape index (κ1) is 14.7. The van der Waals surface area contributed by atoms with Gasteiger partial charge in [0.2, 0.25) is 0 Å². The van der Waals surface area contributed by atoms with Crippen molar-refractivity contribution in [2.75, 3.05) is 0 Å². The van der Waals surface area contributed by atoms with E-state index in [0.29, 0.717) is 0 Å². The molecule has 0 aliphatic rings. The Labute approximate surface area is 128 Å². The summed E-state index contributed by atoms with van der Waals surface area (Å²) in [5, 5.41) is 0. The highest BCUT2D eigenvalue weighted by Gasteiger charge is 2.15. The van der Waals surface area contributed by atoms with E-state index in [1.807, 2.05) is 0 Å². The molecular formula is C15H12Br2F2. The van der Waals surface area contributed by atoms with Crippen molar-refractivity contribution in [2.24, 2.45) is 0 Å². The maximum absolute atomic E-state index is 12.9. The van der Waals surface area contributed by atoms with Crippen molar-refractivity contribution in [3.8, 4) is 0 Å². The van der Waals surface area contributed by atoms with Crippen LogP contribution in [0.1, 0.15) is 27.2 Å². The number of halogens is 4. The van der Waals surface area contributed by atoms with Gasteiger partial charge in [-0.3, -0.25) is 0 Å². The molecule has 0 aliphatic carbocycles. The van der Waals surface area contributed by atoms with E-state index in [1.165, 1.54) is 24.3 Å². The van der Waals surface area contributed by atoms with Crippen LogP contribution in [0.15, 0.2) is 48.5 Å². The van der Waals surface area contributed by atoms with Gasteiger partial charge in [0.1, 0.15) is 11.6 Å². The van der Waals surface area contributed by atoms with Crippen molar-refractivity contribution >= 4 is 31.9 Å². The molecule has 100 valence electrons. The van der Waals surface area contributed by atoms with E-state index < -0.39 is 0 Å². The van der Waals surface area contributed by atoms with Crippen molar-refractivity contribution in [1.29, 1.82) is 0 Å². The summed E-state index contributed by atoms with van der Waals surface area (Å²) in [4.78, 5) is 0.227. The van der Waals surface area contributed by atoms with Gasteiger partial charge in [-0.1, -0.05) is 56.1 Å². The summed E-state index contributed by atoms with van der Waals surface area (Å²) in [5.41, 5.74) is 2.04. The largest absolute Gasteiger partial charge is 0.207 e. The number of benzene rings is 2. The summed E-state index contributed by atoms with van der Waals surface area (Å²) >= 11 is 7.19. The molecule has 2 atom stereocenters. The molecule has 0 heterocycles. The Kier molecular flexibility index (Phi) is 5.11. The number of hydrogen-bond donors (Lipinski definition) is 0. The molecule has 0 nitrogen and oxygen atoms in total. The maximum atomic E-state index is 12.9. The predicted octanol–water partition coefficient (Wildman–Crippen LogP) is 5.93. The standard InChI is InChI=1S/C15H12Br2F2/c16-14(10-1-5-12(18)6-2-10)9-15(17)11-3-7-13(19)8-4-11/h1-8,14-15H,9H2. The van der Waals surface area contributed by atoms with E-state index in [4.69, 9.17) is 0 Å². The Bertz CT molecular complexity index is 473. The van der Waals surface area contributed by atoms with Gasteiger partial charge in [-0.15, -0.1) is 0 Å². The van der Waals surface area contributed by atoms with Crippen LogP contribution < -0.4 is 0 Å². The number of alkyl halides is 2. The maximum Gasteiger partial charge on any atom is 0.123 e. The van der Waals surface area contributed by atoms with E-state index >= 15 is 0 Å². The third-order valence-electron chi connectivity index (χ3n) is 2.88. The molecule has 2 unspecified atom stereocenters. The van der Waals surface area contributed by atoms with Gasteiger partial charge in [-0.05, 0) is 41.8 Å². The van der Waals surface area contributed by atoms with Gasteiger partial charge in [-0.2, -0.15) is 0 Å². The molecular weight excluding hydrogens is 378 g/mol. The van der Waals surface area contributed by atoms with E-state index in [2.05, 4.69) is 31.9 Å². The lowest BCUT2D eigenvalue weighted by Crippen LogP contribution is -1.97. The molecule has 0 aromatic heterocycles. The van der Waals surface area contributed by atoms with Crippen molar-refractivity contribution < 1.29 is 8.78 Å². The van der Waals surface area contributed by atoms with E-state index in [1.54, 1.807) is 24.3 Å². The van der Waals surface area contributed by atoms with Crippen LogP contribution in [0, 0.1) is 11.6 Å². The molecule has 2 aromatic carbocycles. The number of hydrogen-bond acceptors (Lipinski definition) is 0. The molecule has 4 heteroatoms. The minimum atomic E-state index is -0.239. The van der Waals surface area contributed by atoms with Gasteiger partial charge in [-0.25, -0.2) is 8.78 Å². The monoisotopic (exact) mass is 388 g/mol. The zero-order chi connectivity index (χ0) is 13.8. The minimum absolute atomic E-state index is 0.113. The van der Waals surface area contributed by atoms with Crippen LogP contribution in [0.4, 0.5) is 8.78 Å². The van der Waals surface area contributed by atoms with Gasteiger partial charge >= 0.3 is 0 Å². The summed E-state index contributed by atoms with van der Waals surface area (Å²) in [7, 11) is 0. The lowest BCUT2D eigenvalue weighted by molar-refractivity contribution is 0.626. The lowest BCUT2D eigenvalue weighted by Gasteiger charge is -2.15. The Morgan fingerprint density at radius 1 is 0.684 bits per heavy atom. The molecule has 0 saturated heterocycles. The van der Waals surface area contributed by atoms with Crippen molar-refractivity contribution in [3.63, 3.8) is 0 Å². The normalized spacial score (nSPS) is 14.1. The van der Waals surface area contributed by atoms with Crippen LogP contribution in [0.2, 0.25) is 0 Å². The third kappa shape index (κ3) is 4.11. The average Bonchev–Trinajstić information content (AvgIpc) is 2.40. The summed E-state index contributed by atoms with van der Waals surface area (Å²) in [6.07, 6.45) is 0.789. The quantitative estimate of drug-likeness (QED) is 0.568. The molecule has 2 rings (SSSR count). The molecule has 0 fully saturated rings. The topological polar surface area (TPSA) is 0 Å². The van der Waals surface area contributed by atoms with Gasteiger partial charge in [0.15, 0.2) is 0 Å². The highest BCUT2D eigenvalue weighted by atomic mass is 79.9. The third-order valence-corrected chi connectivity index (χ3v) is 4.68. The van der Waals surface area contributed by atoms with Gasteiger partial charge in [0.25, 0.3) is 0 Å². The van der Waals surface area contributed by atoms with Crippen molar-refractivity contribution in [1.82, 2.24) is 0 Å². The van der Waals surface area contributed by atoms with Crippen LogP contribution >= 0.6 is 31.9 Å². The highest BCUT2D eigenvalue weighted by molar-refractivity contribution is 9.09. The summed E-state index contributed by atoms with van der Waals surface area (Å²) in [6.45, 7) is 0. The molecule has 0 N–H and O–H groups in total. The first-order valence-electron chi connectivity index (χ1n) is 5.85. The van der Waals surface area contributed by atoms with Gasteiger partial charge in [0, 0.05) is 9.65 Å². The van der Waals surface area contributed by atoms with Crippen LogP contribution in [-0.2, 0) is 0 Å². The molecule has 0 radical (unpaired) electrons. The molecule has 0 saturated carbocycles. The zero-order valence-corrected chi connectivity index (χ0v) is 13.2. The Balaban J connectivity index is 2.03. The summed E-state index contributed by atoms with van der Waals surface area (Å²) in [5.74, 6) is -0.477. The molecule has 0 bridgehead atoms. The molecule has 0 spiro atoms. The van der Waals surface area contributed by atoms with Crippen LogP contribution in [0.25, 0.3) is 0 Å². The fraction of sp³-hybridized carbons (Fsp3) is 0.200.